The topological polar surface area (TPSA) is 63.1 Å². The van der Waals surface area contributed by atoms with E-state index in [4.69, 9.17) is 0 Å². The second-order valence-electron chi connectivity index (χ2n) is 8.35. The number of thiophene rings is 2. The Balaban J connectivity index is 1.51. The fraction of sp³-hybridized carbons (Fsp3) is 0.440. The van der Waals surface area contributed by atoms with Crippen molar-refractivity contribution in [3.63, 3.8) is 0 Å². The summed E-state index contributed by atoms with van der Waals surface area (Å²) in [4.78, 5) is 27.1. The standard InChI is InChI=1S/C25H31N3O2S2/c1-3-4-5-10-18-17(2)31-24(28-13-8-9-14-28)20(18)15-26-25(30)27-23-21(16-29)19-11-6-7-12-22(19)32-23/h8-9,13-14,16H,3-7,10-12,15H2,1-2H3,(H2,26,27,30). The van der Waals surface area contributed by atoms with Crippen molar-refractivity contribution in [2.45, 2.75) is 71.8 Å². The van der Waals surface area contributed by atoms with E-state index in [2.05, 4.69) is 41.4 Å². The van der Waals surface area contributed by atoms with Crippen LogP contribution in [0.25, 0.3) is 5.00 Å². The SMILES string of the molecule is CCCCCc1c(C)sc(-n2cccc2)c1CNC(=O)Nc1sc2c(c1C=O)CCCC2. The molecule has 1 aliphatic rings. The number of carbonyl (C=O) groups is 2. The monoisotopic (exact) mass is 469 g/mol. The quantitative estimate of drug-likeness (QED) is 0.272. The van der Waals surface area contributed by atoms with Crippen LogP contribution in [-0.2, 0) is 25.8 Å². The number of amides is 2. The summed E-state index contributed by atoms with van der Waals surface area (Å²) in [6.07, 6.45) is 13.8. The van der Waals surface area contributed by atoms with E-state index in [9.17, 15) is 9.59 Å². The van der Waals surface area contributed by atoms with Gasteiger partial charge < -0.3 is 9.88 Å². The number of rotatable bonds is 9. The molecule has 2 N–H and O–H groups in total. The van der Waals surface area contributed by atoms with E-state index in [1.165, 1.54) is 38.7 Å². The highest BCUT2D eigenvalue weighted by molar-refractivity contribution is 7.17. The zero-order chi connectivity index (χ0) is 22.5. The molecule has 0 aromatic carbocycles. The van der Waals surface area contributed by atoms with Crippen LogP contribution < -0.4 is 10.6 Å². The third-order valence-corrected chi connectivity index (χ3v) is 8.58. The number of unbranched alkanes of at least 4 members (excludes halogenated alkanes) is 2. The maximum absolute atomic E-state index is 12.8. The lowest BCUT2D eigenvalue weighted by Gasteiger charge is -2.12. The predicted octanol–water partition coefficient (Wildman–Crippen LogP) is 6.65. The Labute approximate surface area is 197 Å². The van der Waals surface area contributed by atoms with Gasteiger partial charge in [0.2, 0.25) is 0 Å². The molecule has 3 aromatic heterocycles. The third kappa shape index (κ3) is 4.84. The number of urea groups is 1. The van der Waals surface area contributed by atoms with E-state index in [-0.39, 0.29) is 6.03 Å². The predicted molar refractivity (Wildman–Crippen MR) is 134 cm³/mol. The third-order valence-electron chi connectivity index (χ3n) is 6.15. The molecule has 0 radical (unpaired) electrons. The van der Waals surface area contributed by atoms with E-state index >= 15 is 0 Å². The van der Waals surface area contributed by atoms with Gasteiger partial charge in [0.15, 0.2) is 6.29 Å². The molecule has 0 aliphatic heterocycles. The molecular formula is C25H31N3O2S2. The summed E-state index contributed by atoms with van der Waals surface area (Å²) in [7, 11) is 0. The van der Waals surface area contributed by atoms with Crippen molar-refractivity contribution in [1.29, 1.82) is 0 Å². The Kier molecular flexibility index (Phi) is 7.48. The summed E-state index contributed by atoms with van der Waals surface area (Å²) in [5.41, 5.74) is 4.34. The van der Waals surface area contributed by atoms with Crippen molar-refractivity contribution in [1.82, 2.24) is 9.88 Å². The number of aryl methyl sites for hydroxylation is 2. The minimum atomic E-state index is -0.256. The van der Waals surface area contributed by atoms with E-state index < -0.39 is 0 Å². The molecule has 0 saturated carbocycles. The fourth-order valence-electron chi connectivity index (χ4n) is 4.47. The van der Waals surface area contributed by atoms with Crippen molar-refractivity contribution in [3.05, 3.63) is 56.5 Å². The minimum absolute atomic E-state index is 0.256. The van der Waals surface area contributed by atoms with Gasteiger partial charge in [-0.25, -0.2) is 4.79 Å². The van der Waals surface area contributed by atoms with Crippen LogP contribution in [0.5, 0.6) is 0 Å². The van der Waals surface area contributed by atoms with Crippen LogP contribution in [0.15, 0.2) is 24.5 Å². The lowest BCUT2D eigenvalue weighted by Crippen LogP contribution is -2.28. The van der Waals surface area contributed by atoms with Gasteiger partial charge in [-0.3, -0.25) is 10.1 Å². The van der Waals surface area contributed by atoms with Crippen LogP contribution in [0.4, 0.5) is 9.80 Å². The number of carbonyl (C=O) groups excluding carboxylic acids is 2. The van der Waals surface area contributed by atoms with Gasteiger partial charge in [0.1, 0.15) is 10.0 Å². The highest BCUT2D eigenvalue weighted by atomic mass is 32.1. The molecule has 3 aromatic rings. The summed E-state index contributed by atoms with van der Waals surface area (Å²) >= 11 is 3.34. The first-order chi connectivity index (χ1) is 15.6. The molecule has 4 rings (SSSR count). The molecule has 32 heavy (non-hydrogen) atoms. The number of hydrogen-bond donors (Lipinski definition) is 2. The molecule has 0 unspecified atom stereocenters. The normalized spacial score (nSPS) is 13.1. The molecule has 2 amide bonds. The largest absolute Gasteiger partial charge is 0.334 e. The molecule has 0 bridgehead atoms. The Bertz CT molecular complexity index is 1080. The van der Waals surface area contributed by atoms with E-state index in [0.717, 1.165) is 50.4 Å². The van der Waals surface area contributed by atoms with Gasteiger partial charge in [-0.05, 0) is 68.7 Å². The molecule has 0 fully saturated rings. The molecule has 0 spiro atoms. The number of anilines is 1. The van der Waals surface area contributed by atoms with Crippen molar-refractivity contribution in [3.8, 4) is 5.00 Å². The van der Waals surface area contributed by atoms with Crippen LogP contribution in [0.1, 0.15) is 75.8 Å². The average Bonchev–Trinajstić information content (AvgIpc) is 3.50. The van der Waals surface area contributed by atoms with Gasteiger partial charge in [0, 0.05) is 34.3 Å². The first-order valence-electron chi connectivity index (χ1n) is 11.5. The van der Waals surface area contributed by atoms with Crippen LogP contribution in [-0.4, -0.2) is 16.9 Å². The second kappa shape index (κ2) is 10.5. The molecule has 0 atom stereocenters. The molecule has 7 heteroatoms. The van der Waals surface area contributed by atoms with Crippen LogP contribution in [0, 0.1) is 6.92 Å². The molecule has 170 valence electrons. The summed E-state index contributed by atoms with van der Waals surface area (Å²) in [6, 6.07) is 3.79. The maximum Gasteiger partial charge on any atom is 0.320 e. The number of nitrogens with zero attached hydrogens (tertiary/aromatic N) is 1. The summed E-state index contributed by atoms with van der Waals surface area (Å²) in [5, 5.41) is 7.86. The van der Waals surface area contributed by atoms with Gasteiger partial charge in [0.25, 0.3) is 0 Å². The molecule has 3 heterocycles. The van der Waals surface area contributed by atoms with Crippen molar-refractivity contribution in [2.75, 3.05) is 5.32 Å². The van der Waals surface area contributed by atoms with Crippen molar-refractivity contribution in [2.24, 2.45) is 0 Å². The summed E-state index contributed by atoms with van der Waals surface area (Å²) in [5.74, 6) is 0. The smallest absolute Gasteiger partial charge is 0.320 e. The van der Waals surface area contributed by atoms with Gasteiger partial charge in [-0.2, -0.15) is 0 Å². The number of nitrogens with one attached hydrogen (secondary N) is 2. The lowest BCUT2D eigenvalue weighted by molar-refractivity contribution is 0.112. The molecular weight excluding hydrogens is 438 g/mol. The minimum Gasteiger partial charge on any atom is -0.334 e. The average molecular weight is 470 g/mol. The van der Waals surface area contributed by atoms with Gasteiger partial charge in [0.05, 0.1) is 5.56 Å². The Morgan fingerprint density at radius 2 is 1.91 bits per heavy atom. The van der Waals surface area contributed by atoms with E-state index in [0.29, 0.717) is 17.1 Å². The van der Waals surface area contributed by atoms with Crippen molar-refractivity contribution >= 4 is 40.0 Å². The highest BCUT2D eigenvalue weighted by Gasteiger charge is 2.22. The van der Waals surface area contributed by atoms with Crippen LogP contribution >= 0.6 is 22.7 Å². The zero-order valence-corrected chi connectivity index (χ0v) is 20.5. The van der Waals surface area contributed by atoms with E-state index in [1.807, 2.05) is 12.1 Å². The fourth-order valence-corrected chi connectivity index (χ4v) is 6.91. The second-order valence-corrected chi connectivity index (χ2v) is 10.7. The molecule has 0 saturated heterocycles. The highest BCUT2D eigenvalue weighted by Crippen LogP contribution is 2.37. The maximum atomic E-state index is 12.8. The zero-order valence-electron chi connectivity index (χ0n) is 18.8. The molecule has 5 nitrogen and oxygen atoms in total. The van der Waals surface area contributed by atoms with Crippen LogP contribution in [0.3, 0.4) is 0 Å². The number of aromatic nitrogens is 1. The summed E-state index contributed by atoms with van der Waals surface area (Å²) < 4.78 is 2.13. The van der Waals surface area contributed by atoms with Gasteiger partial charge in [-0.15, -0.1) is 22.7 Å². The Morgan fingerprint density at radius 3 is 2.66 bits per heavy atom. The van der Waals surface area contributed by atoms with Gasteiger partial charge in [-0.1, -0.05) is 19.8 Å². The van der Waals surface area contributed by atoms with Gasteiger partial charge >= 0.3 is 6.03 Å². The number of fused-ring (bicyclic) bond motifs is 1. The Hall–Kier alpha value is -2.38. The Morgan fingerprint density at radius 1 is 1.12 bits per heavy atom. The first kappa shape index (κ1) is 22.8. The summed E-state index contributed by atoms with van der Waals surface area (Å²) in [6.45, 7) is 4.86. The van der Waals surface area contributed by atoms with E-state index in [1.54, 1.807) is 22.7 Å². The first-order valence-corrected chi connectivity index (χ1v) is 13.1. The van der Waals surface area contributed by atoms with Crippen LogP contribution in [0.2, 0.25) is 0 Å². The number of hydrogen-bond acceptors (Lipinski definition) is 4. The lowest BCUT2D eigenvalue weighted by atomic mass is 9.96. The molecule has 1 aliphatic carbocycles. The number of aldehydes is 1. The van der Waals surface area contributed by atoms with Crippen molar-refractivity contribution < 1.29 is 9.59 Å².